The van der Waals surface area contributed by atoms with Crippen LogP contribution in [0.3, 0.4) is 0 Å². The molecule has 21 heavy (non-hydrogen) atoms. The predicted octanol–water partition coefficient (Wildman–Crippen LogP) is 0.195. The molecule has 0 aromatic heterocycles. The lowest BCUT2D eigenvalue weighted by molar-refractivity contribution is -0.179. The second-order valence-corrected chi connectivity index (χ2v) is 6.95. The molecule has 4 aliphatic rings. The molecule has 2 heterocycles. The molecular formula is C16H19NO4. The van der Waals surface area contributed by atoms with Crippen molar-refractivity contribution in [2.45, 2.75) is 54.9 Å². The van der Waals surface area contributed by atoms with E-state index in [-0.39, 0.29) is 11.8 Å². The van der Waals surface area contributed by atoms with E-state index in [2.05, 4.69) is 5.32 Å². The van der Waals surface area contributed by atoms with E-state index < -0.39 is 23.2 Å². The maximum Gasteiger partial charge on any atom is 0.165 e. The summed E-state index contributed by atoms with van der Waals surface area (Å²) in [5.74, 6) is 0.598. The minimum Gasteiger partial charge on any atom is -0.504 e. The number of phenols is 1. The van der Waals surface area contributed by atoms with E-state index in [9.17, 15) is 15.3 Å². The second-order valence-electron chi connectivity index (χ2n) is 6.95. The van der Waals surface area contributed by atoms with Gasteiger partial charge in [-0.2, -0.15) is 0 Å². The highest BCUT2D eigenvalue weighted by molar-refractivity contribution is 5.62. The van der Waals surface area contributed by atoms with Gasteiger partial charge in [-0.15, -0.1) is 0 Å². The van der Waals surface area contributed by atoms with E-state index in [1.165, 1.54) is 0 Å². The normalized spacial score (nSPS) is 45.9. The smallest absolute Gasteiger partial charge is 0.165 e. The van der Waals surface area contributed by atoms with Crippen molar-refractivity contribution in [2.75, 3.05) is 6.54 Å². The van der Waals surface area contributed by atoms with Crippen LogP contribution in [0, 0.1) is 0 Å². The Morgan fingerprint density at radius 3 is 3.00 bits per heavy atom. The molecule has 5 heteroatoms. The maximum absolute atomic E-state index is 11.5. The van der Waals surface area contributed by atoms with Gasteiger partial charge in [0, 0.05) is 11.6 Å². The van der Waals surface area contributed by atoms with Crippen molar-refractivity contribution < 1.29 is 20.1 Å². The topological polar surface area (TPSA) is 82.0 Å². The second kappa shape index (κ2) is 3.54. The van der Waals surface area contributed by atoms with Gasteiger partial charge in [0.1, 0.15) is 6.10 Å². The molecule has 5 nitrogen and oxygen atoms in total. The third-order valence-electron chi connectivity index (χ3n) is 6.25. The van der Waals surface area contributed by atoms with Crippen LogP contribution in [0.2, 0.25) is 0 Å². The molecule has 1 unspecified atom stereocenters. The van der Waals surface area contributed by atoms with Crippen molar-refractivity contribution in [1.29, 1.82) is 0 Å². The van der Waals surface area contributed by atoms with E-state index in [4.69, 9.17) is 4.74 Å². The van der Waals surface area contributed by atoms with Crippen LogP contribution in [0.15, 0.2) is 12.1 Å². The molecule has 1 spiro atoms. The number of phenolic OH excluding ortho intramolecular Hbond substituents is 1. The minimum atomic E-state index is -0.902. The molecule has 1 aromatic rings. The molecule has 1 saturated heterocycles. The first-order chi connectivity index (χ1) is 10.1. The van der Waals surface area contributed by atoms with Crippen LogP contribution in [0.25, 0.3) is 0 Å². The number of rotatable bonds is 0. The fraction of sp³-hybridized carbons (Fsp3) is 0.625. The first kappa shape index (κ1) is 12.3. The van der Waals surface area contributed by atoms with E-state index in [0.29, 0.717) is 18.6 Å². The first-order valence-corrected chi connectivity index (χ1v) is 7.74. The Morgan fingerprint density at radius 1 is 1.29 bits per heavy atom. The maximum atomic E-state index is 11.5. The zero-order valence-corrected chi connectivity index (χ0v) is 11.7. The summed E-state index contributed by atoms with van der Waals surface area (Å²) < 4.78 is 6.00. The number of aliphatic hydroxyl groups excluding tert-OH is 1. The van der Waals surface area contributed by atoms with Crippen molar-refractivity contribution in [2.24, 2.45) is 0 Å². The average molecular weight is 289 g/mol. The van der Waals surface area contributed by atoms with Crippen LogP contribution >= 0.6 is 0 Å². The summed E-state index contributed by atoms with van der Waals surface area (Å²) in [7, 11) is 0. The van der Waals surface area contributed by atoms with Gasteiger partial charge in [-0.3, -0.25) is 0 Å². The van der Waals surface area contributed by atoms with Gasteiger partial charge in [0.15, 0.2) is 11.5 Å². The van der Waals surface area contributed by atoms with Crippen LogP contribution in [-0.4, -0.2) is 45.7 Å². The van der Waals surface area contributed by atoms with Gasteiger partial charge in [-0.1, -0.05) is 6.07 Å². The van der Waals surface area contributed by atoms with E-state index in [1.54, 1.807) is 6.07 Å². The Hall–Kier alpha value is -1.30. The molecule has 112 valence electrons. The third kappa shape index (κ3) is 1.14. The minimum absolute atomic E-state index is 0.00663. The SMILES string of the molecule is Oc1ccc2c3c1O[C@H]1C(O)CC[C@@]4(O)[C@@H](C2)NCC[C@]314. The van der Waals surface area contributed by atoms with Crippen molar-refractivity contribution in [3.8, 4) is 11.5 Å². The van der Waals surface area contributed by atoms with Gasteiger partial charge in [0.05, 0.1) is 17.1 Å². The van der Waals surface area contributed by atoms with Crippen molar-refractivity contribution in [3.63, 3.8) is 0 Å². The summed E-state index contributed by atoms with van der Waals surface area (Å²) in [6.45, 7) is 0.800. The van der Waals surface area contributed by atoms with Crippen LogP contribution in [-0.2, 0) is 11.8 Å². The first-order valence-electron chi connectivity index (χ1n) is 7.74. The molecule has 2 aliphatic heterocycles. The lowest BCUT2D eigenvalue weighted by atomic mass is 9.49. The molecule has 4 N–H and O–H groups in total. The lowest BCUT2D eigenvalue weighted by Crippen LogP contribution is -2.76. The van der Waals surface area contributed by atoms with Gasteiger partial charge in [-0.25, -0.2) is 0 Å². The summed E-state index contributed by atoms with van der Waals surface area (Å²) in [6, 6.07) is 3.59. The number of aliphatic hydroxyl groups is 2. The van der Waals surface area contributed by atoms with Gasteiger partial charge < -0.3 is 25.4 Å². The number of hydrogen-bond donors (Lipinski definition) is 4. The summed E-state index contributed by atoms with van der Waals surface area (Å²) >= 11 is 0. The number of ether oxygens (including phenoxy) is 1. The fourth-order valence-corrected chi connectivity index (χ4v) is 5.42. The number of piperidine rings is 1. The molecule has 1 aromatic carbocycles. The fourth-order valence-electron chi connectivity index (χ4n) is 5.42. The number of nitrogens with one attached hydrogen (secondary N) is 1. The molecule has 2 bridgehead atoms. The standard InChI is InChI=1S/C16H19NO4/c18-9-2-1-8-7-11-16(20)4-3-10(19)14-15(16,5-6-17-11)12(8)13(9)21-14/h1-2,10-11,14,17-20H,3-7H2/t10?,11-,14+,15+,16-/m1/s1. The quantitative estimate of drug-likeness (QED) is 0.548. The molecule has 2 fully saturated rings. The van der Waals surface area contributed by atoms with Gasteiger partial charge in [0.25, 0.3) is 0 Å². The van der Waals surface area contributed by atoms with Crippen LogP contribution in [0.4, 0.5) is 0 Å². The van der Waals surface area contributed by atoms with Gasteiger partial charge >= 0.3 is 0 Å². The predicted molar refractivity (Wildman–Crippen MR) is 74.5 cm³/mol. The number of benzene rings is 1. The highest BCUT2D eigenvalue weighted by Crippen LogP contribution is 2.64. The highest BCUT2D eigenvalue weighted by Gasteiger charge is 2.71. The van der Waals surface area contributed by atoms with Crippen LogP contribution < -0.4 is 10.1 Å². The Labute approximate surface area is 122 Å². The van der Waals surface area contributed by atoms with Crippen LogP contribution in [0.1, 0.15) is 30.4 Å². The Bertz CT molecular complexity index is 647. The Balaban J connectivity index is 1.87. The lowest BCUT2D eigenvalue weighted by Gasteiger charge is -2.61. The third-order valence-corrected chi connectivity index (χ3v) is 6.25. The largest absolute Gasteiger partial charge is 0.504 e. The number of hydrogen-bond acceptors (Lipinski definition) is 5. The number of aromatic hydroxyl groups is 1. The molecule has 1 saturated carbocycles. The van der Waals surface area contributed by atoms with Crippen molar-refractivity contribution in [3.05, 3.63) is 23.3 Å². The van der Waals surface area contributed by atoms with Crippen LogP contribution in [0.5, 0.6) is 11.5 Å². The van der Waals surface area contributed by atoms with E-state index in [0.717, 1.165) is 30.5 Å². The zero-order chi connectivity index (χ0) is 14.4. The summed E-state index contributed by atoms with van der Waals surface area (Å²) in [4.78, 5) is 0. The molecular weight excluding hydrogens is 270 g/mol. The zero-order valence-electron chi connectivity index (χ0n) is 11.7. The Kier molecular flexibility index (Phi) is 2.07. The molecule has 5 rings (SSSR count). The summed E-state index contributed by atoms with van der Waals surface area (Å²) in [5.41, 5.74) is 0.594. The van der Waals surface area contributed by atoms with Crippen molar-refractivity contribution >= 4 is 0 Å². The van der Waals surface area contributed by atoms with E-state index in [1.807, 2.05) is 6.07 Å². The average Bonchev–Trinajstić information content (AvgIpc) is 2.80. The molecule has 0 amide bonds. The van der Waals surface area contributed by atoms with E-state index >= 15 is 0 Å². The van der Waals surface area contributed by atoms with Gasteiger partial charge in [0.2, 0.25) is 0 Å². The summed E-state index contributed by atoms with van der Waals surface area (Å²) in [6.07, 6.45) is 1.52. The van der Waals surface area contributed by atoms with Gasteiger partial charge in [-0.05, 0) is 43.9 Å². The highest BCUT2D eigenvalue weighted by atomic mass is 16.5. The molecule has 0 radical (unpaired) electrons. The Morgan fingerprint density at radius 2 is 2.14 bits per heavy atom. The van der Waals surface area contributed by atoms with Crippen molar-refractivity contribution in [1.82, 2.24) is 5.32 Å². The molecule has 2 aliphatic carbocycles. The monoisotopic (exact) mass is 289 g/mol. The molecule has 5 atom stereocenters. The summed E-state index contributed by atoms with van der Waals surface area (Å²) in [5, 5.41) is 35.6.